The second kappa shape index (κ2) is 5.30. The molecule has 0 unspecified atom stereocenters. The molecule has 98 valence electrons. The number of ether oxygens (including phenoxy) is 1. The lowest BCUT2D eigenvalue weighted by atomic mass is 10.1. The highest BCUT2D eigenvalue weighted by Gasteiger charge is 2.08. The molecule has 1 aromatic heterocycles. The van der Waals surface area contributed by atoms with Gasteiger partial charge in [0.15, 0.2) is 0 Å². The summed E-state index contributed by atoms with van der Waals surface area (Å²) in [6.45, 7) is 1.03. The average molecular weight is 256 g/mol. The second-order valence-corrected chi connectivity index (χ2v) is 4.36. The van der Waals surface area contributed by atoms with Crippen molar-refractivity contribution in [3.05, 3.63) is 42.5 Å². The number of aromatic amines is 1. The van der Waals surface area contributed by atoms with E-state index in [1.807, 2.05) is 30.3 Å². The zero-order valence-electron chi connectivity index (χ0n) is 10.5. The minimum Gasteiger partial charge on any atom is -0.478 e. The van der Waals surface area contributed by atoms with E-state index in [0.29, 0.717) is 13.3 Å². The molecule has 0 saturated heterocycles. The predicted molar refractivity (Wildman–Crippen MR) is 76.4 cm³/mol. The lowest BCUT2D eigenvalue weighted by Gasteiger charge is -2.08. The molecule has 0 radical (unpaired) electrons. The van der Waals surface area contributed by atoms with Gasteiger partial charge in [-0.3, -0.25) is 5.32 Å². The van der Waals surface area contributed by atoms with Crippen molar-refractivity contribution in [2.45, 2.75) is 0 Å². The Morgan fingerprint density at radius 1 is 1.05 bits per heavy atom. The number of benzene rings is 2. The van der Waals surface area contributed by atoms with Crippen LogP contribution >= 0.6 is 0 Å². The third kappa shape index (κ3) is 2.28. The van der Waals surface area contributed by atoms with Crippen LogP contribution < -0.4 is 10.1 Å². The molecule has 0 saturated carbocycles. The summed E-state index contributed by atoms with van der Waals surface area (Å²) in [5.41, 5.74) is 2.18. The molecule has 4 nitrogen and oxygen atoms in total. The molecule has 3 aromatic rings. The number of nitrogens with one attached hydrogen (secondary N) is 2. The molecule has 0 aliphatic carbocycles. The first-order chi connectivity index (χ1) is 9.40. The first kappa shape index (κ1) is 12.0. The number of fused-ring (bicyclic) bond motifs is 3. The Kier molecular flexibility index (Phi) is 3.35. The fourth-order valence-corrected chi connectivity index (χ4v) is 2.27. The van der Waals surface area contributed by atoms with Crippen molar-refractivity contribution in [3.8, 4) is 5.75 Å². The molecule has 1 heterocycles. The monoisotopic (exact) mass is 256 g/mol. The molecule has 3 N–H and O–H groups in total. The van der Waals surface area contributed by atoms with Crippen LogP contribution in [0.25, 0.3) is 21.8 Å². The maximum Gasteiger partial charge on any atom is 0.139 e. The van der Waals surface area contributed by atoms with Crippen molar-refractivity contribution in [2.75, 3.05) is 19.9 Å². The van der Waals surface area contributed by atoms with Crippen molar-refractivity contribution in [2.24, 2.45) is 0 Å². The molecular formula is C15H16N2O2. The van der Waals surface area contributed by atoms with Crippen molar-refractivity contribution in [3.63, 3.8) is 0 Å². The van der Waals surface area contributed by atoms with Crippen LogP contribution in [0.4, 0.5) is 0 Å². The van der Waals surface area contributed by atoms with Gasteiger partial charge in [-0.15, -0.1) is 0 Å². The van der Waals surface area contributed by atoms with Gasteiger partial charge >= 0.3 is 0 Å². The van der Waals surface area contributed by atoms with Crippen LogP contribution in [0, 0.1) is 0 Å². The lowest BCUT2D eigenvalue weighted by Crippen LogP contribution is -2.23. The molecule has 0 bridgehead atoms. The zero-order valence-corrected chi connectivity index (χ0v) is 10.5. The Hall–Kier alpha value is -2.04. The van der Waals surface area contributed by atoms with Gasteiger partial charge < -0.3 is 14.8 Å². The third-order valence-electron chi connectivity index (χ3n) is 3.11. The van der Waals surface area contributed by atoms with Gasteiger partial charge in [-0.2, -0.15) is 0 Å². The van der Waals surface area contributed by atoms with Gasteiger partial charge in [0.1, 0.15) is 12.5 Å². The van der Waals surface area contributed by atoms with Gasteiger partial charge in [-0.25, -0.2) is 0 Å². The lowest BCUT2D eigenvalue weighted by molar-refractivity contribution is 0.246. The van der Waals surface area contributed by atoms with E-state index in [1.165, 1.54) is 0 Å². The molecule has 0 atom stereocenters. The molecular weight excluding hydrogens is 240 g/mol. The number of H-pyrrole nitrogens is 1. The number of hydrogen-bond acceptors (Lipinski definition) is 3. The fraction of sp³-hybridized carbons (Fsp3) is 0.200. The van der Waals surface area contributed by atoms with E-state index < -0.39 is 0 Å². The van der Waals surface area contributed by atoms with Crippen LogP contribution in [0.3, 0.4) is 0 Å². The van der Waals surface area contributed by atoms with Gasteiger partial charge in [0.2, 0.25) is 0 Å². The van der Waals surface area contributed by atoms with Crippen LogP contribution in [0.2, 0.25) is 0 Å². The van der Waals surface area contributed by atoms with Gasteiger partial charge in [-0.05, 0) is 18.2 Å². The van der Waals surface area contributed by atoms with Crippen molar-refractivity contribution in [1.82, 2.24) is 10.3 Å². The summed E-state index contributed by atoms with van der Waals surface area (Å²) >= 11 is 0. The minimum absolute atomic E-state index is 0.112. The van der Waals surface area contributed by atoms with Crippen molar-refractivity contribution >= 4 is 21.8 Å². The molecule has 0 spiro atoms. The number of para-hydroxylation sites is 1. The summed E-state index contributed by atoms with van der Waals surface area (Å²) < 4.78 is 5.75. The number of aliphatic hydroxyl groups is 1. The third-order valence-corrected chi connectivity index (χ3v) is 3.11. The van der Waals surface area contributed by atoms with E-state index in [1.54, 1.807) is 0 Å². The maximum absolute atomic E-state index is 8.72. The molecule has 19 heavy (non-hydrogen) atoms. The first-order valence-corrected chi connectivity index (χ1v) is 6.34. The summed E-state index contributed by atoms with van der Waals surface area (Å²) in [7, 11) is 0. The molecule has 2 aromatic carbocycles. The molecule has 0 aliphatic rings. The summed E-state index contributed by atoms with van der Waals surface area (Å²) in [6.07, 6.45) is 0. The molecule has 0 aliphatic heterocycles. The topological polar surface area (TPSA) is 57.3 Å². The van der Waals surface area contributed by atoms with Crippen molar-refractivity contribution in [1.29, 1.82) is 0 Å². The predicted octanol–water partition coefficient (Wildman–Crippen LogP) is 2.24. The number of aromatic nitrogens is 1. The van der Waals surface area contributed by atoms with E-state index in [9.17, 15) is 0 Å². The second-order valence-electron chi connectivity index (χ2n) is 4.36. The van der Waals surface area contributed by atoms with E-state index >= 15 is 0 Å². The Labute approximate surface area is 111 Å². The van der Waals surface area contributed by atoms with Gasteiger partial charge in [0.25, 0.3) is 0 Å². The number of hydrogen-bond donors (Lipinski definition) is 3. The minimum atomic E-state index is 0.112. The maximum atomic E-state index is 8.72. The molecule has 3 rings (SSSR count). The van der Waals surface area contributed by atoms with Crippen LogP contribution in [0.5, 0.6) is 5.75 Å². The van der Waals surface area contributed by atoms with E-state index in [-0.39, 0.29) is 6.61 Å². The first-order valence-electron chi connectivity index (χ1n) is 6.34. The smallest absolute Gasteiger partial charge is 0.139 e. The van der Waals surface area contributed by atoms with Gasteiger partial charge in [0, 0.05) is 22.8 Å². The highest BCUT2D eigenvalue weighted by Crippen LogP contribution is 2.32. The highest BCUT2D eigenvalue weighted by atomic mass is 16.5. The zero-order chi connectivity index (χ0) is 13.1. The van der Waals surface area contributed by atoms with Crippen LogP contribution in [-0.2, 0) is 0 Å². The Morgan fingerprint density at radius 3 is 2.79 bits per heavy atom. The Bertz CT molecular complexity index is 691. The fourth-order valence-electron chi connectivity index (χ4n) is 2.27. The van der Waals surface area contributed by atoms with E-state index in [2.05, 4.69) is 22.4 Å². The summed E-state index contributed by atoms with van der Waals surface area (Å²) in [6, 6.07) is 14.2. The van der Waals surface area contributed by atoms with Crippen LogP contribution in [0.15, 0.2) is 42.5 Å². The Morgan fingerprint density at radius 2 is 1.89 bits per heavy atom. The van der Waals surface area contributed by atoms with E-state index in [0.717, 1.165) is 27.6 Å². The largest absolute Gasteiger partial charge is 0.478 e. The van der Waals surface area contributed by atoms with Crippen LogP contribution in [0.1, 0.15) is 0 Å². The summed E-state index contributed by atoms with van der Waals surface area (Å²) in [5, 5.41) is 14.0. The standard InChI is InChI=1S/C15H16N2O2/c18-9-8-16-10-19-14-7-3-6-13-15(14)11-4-1-2-5-12(11)17-13/h1-7,16-18H,8-10H2. The quantitative estimate of drug-likeness (QED) is 0.484. The van der Waals surface area contributed by atoms with E-state index in [4.69, 9.17) is 9.84 Å². The molecule has 0 fully saturated rings. The van der Waals surface area contributed by atoms with Crippen LogP contribution in [-0.4, -0.2) is 30.0 Å². The van der Waals surface area contributed by atoms with Gasteiger partial charge in [-0.1, -0.05) is 24.3 Å². The average Bonchev–Trinajstić information content (AvgIpc) is 2.83. The highest BCUT2D eigenvalue weighted by molar-refractivity contribution is 6.10. The molecule has 0 amide bonds. The SMILES string of the molecule is OCCNCOc1cccc2[nH]c3ccccc3c12. The Balaban J connectivity index is 1.99. The van der Waals surface area contributed by atoms with Crippen molar-refractivity contribution < 1.29 is 9.84 Å². The summed E-state index contributed by atoms with van der Waals surface area (Å²) in [5.74, 6) is 0.848. The number of rotatable bonds is 5. The molecule has 4 heteroatoms. The number of aliphatic hydroxyl groups excluding tert-OH is 1. The van der Waals surface area contributed by atoms with Gasteiger partial charge in [0.05, 0.1) is 12.1 Å². The summed E-state index contributed by atoms with van der Waals surface area (Å²) in [4.78, 5) is 3.38. The normalized spacial score (nSPS) is 11.2.